The van der Waals surface area contributed by atoms with E-state index in [-0.39, 0.29) is 16.5 Å². The second kappa shape index (κ2) is 5.40. The van der Waals surface area contributed by atoms with Crippen molar-refractivity contribution in [3.63, 3.8) is 0 Å². The van der Waals surface area contributed by atoms with Gasteiger partial charge in [-0.1, -0.05) is 12.1 Å². The number of H-pyrrole nitrogens is 1. The van der Waals surface area contributed by atoms with E-state index >= 15 is 0 Å². The fourth-order valence-corrected chi connectivity index (χ4v) is 2.11. The molecule has 22 heavy (non-hydrogen) atoms. The van der Waals surface area contributed by atoms with Crippen molar-refractivity contribution in [2.75, 3.05) is 5.32 Å². The second-order valence-corrected chi connectivity index (χ2v) is 4.87. The number of halogens is 1. The summed E-state index contributed by atoms with van der Waals surface area (Å²) in [5.41, 5.74) is 0.410. The third-order valence-corrected chi connectivity index (χ3v) is 3.26. The van der Waals surface area contributed by atoms with Crippen molar-refractivity contribution in [3.05, 3.63) is 69.9 Å². The zero-order valence-corrected chi connectivity index (χ0v) is 11.7. The van der Waals surface area contributed by atoms with Gasteiger partial charge in [0.1, 0.15) is 17.2 Å². The van der Waals surface area contributed by atoms with Crippen molar-refractivity contribution in [1.82, 2.24) is 9.97 Å². The SMILES string of the molecule is Cc1ccc(NC(=O)c2c[nH]c3c(F)cccc3c2=O)nc1. The Bertz CT molecular complexity index is 917. The summed E-state index contributed by atoms with van der Waals surface area (Å²) >= 11 is 0. The number of aromatic nitrogens is 2. The number of hydrogen-bond donors (Lipinski definition) is 2. The molecule has 0 aliphatic heterocycles. The predicted octanol–water partition coefficient (Wildman–Crippen LogP) is 2.62. The number of para-hydroxylation sites is 1. The Balaban J connectivity index is 1.99. The third kappa shape index (κ3) is 2.46. The first-order valence-corrected chi connectivity index (χ1v) is 6.60. The highest BCUT2D eigenvalue weighted by atomic mass is 19.1. The van der Waals surface area contributed by atoms with Crippen LogP contribution in [0.2, 0.25) is 0 Å². The highest BCUT2D eigenvalue weighted by Crippen LogP contribution is 2.13. The molecule has 0 bridgehead atoms. The monoisotopic (exact) mass is 297 g/mol. The van der Waals surface area contributed by atoms with E-state index in [1.807, 2.05) is 6.92 Å². The van der Waals surface area contributed by atoms with Crippen LogP contribution in [0, 0.1) is 12.7 Å². The predicted molar refractivity (Wildman–Crippen MR) is 81.5 cm³/mol. The number of fused-ring (bicyclic) bond motifs is 1. The lowest BCUT2D eigenvalue weighted by Gasteiger charge is -2.06. The van der Waals surface area contributed by atoms with E-state index in [9.17, 15) is 14.0 Å². The number of carbonyl (C=O) groups excluding carboxylic acids is 1. The molecule has 110 valence electrons. The van der Waals surface area contributed by atoms with E-state index in [4.69, 9.17) is 0 Å². The Morgan fingerprint density at radius 1 is 1.27 bits per heavy atom. The molecule has 0 fully saturated rings. The largest absolute Gasteiger partial charge is 0.358 e. The lowest BCUT2D eigenvalue weighted by atomic mass is 10.1. The summed E-state index contributed by atoms with van der Waals surface area (Å²) in [7, 11) is 0. The van der Waals surface area contributed by atoms with Gasteiger partial charge in [0.15, 0.2) is 0 Å². The Hall–Kier alpha value is -3.02. The van der Waals surface area contributed by atoms with Crippen molar-refractivity contribution in [3.8, 4) is 0 Å². The van der Waals surface area contributed by atoms with Crippen molar-refractivity contribution < 1.29 is 9.18 Å². The van der Waals surface area contributed by atoms with Gasteiger partial charge in [-0.05, 0) is 30.7 Å². The van der Waals surface area contributed by atoms with Gasteiger partial charge >= 0.3 is 0 Å². The van der Waals surface area contributed by atoms with Crippen LogP contribution >= 0.6 is 0 Å². The van der Waals surface area contributed by atoms with Crippen LogP contribution in [0.25, 0.3) is 10.9 Å². The fraction of sp³-hybridized carbons (Fsp3) is 0.0625. The van der Waals surface area contributed by atoms with Crippen LogP contribution in [0.3, 0.4) is 0 Å². The van der Waals surface area contributed by atoms with Crippen LogP contribution < -0.4 is 10.7 Å². The van der Waals surface area contributed by atoms with Gasteiger partial charge in [0.25, 0.3) is 5.91 Å². The zero-order chi connectivity index (χ0) is 15.7. The van der Waals surface area contributed by atoms with Gasteiger partial charge in [0.05, 0.1) is 5.52 Å². The standard InChI is InChI=1S/C16H12FN3O2/c1-9-5-6-13(18-7-9)20-16(22)11-8-19-14-10(15(11)21)3-2-4-12(14)17/h2-8H,1H3,(H,19,21)(H,18,20,22). The summed E-state index contributed by atoms with van der Waals surface area (Å²) in [5.74, 6) is -0.792. The van der Waals surface area contributed by atoms with Gasteiger partial charge in [-0.2, -0.15) is 0 Å². The van der Waals surface area contributed by atoms with Crippen LogP contribution in [-0.4, -0.2) is 15.9 Å². The van der Waals surface area contributed by atoms with Crippen LogP contribution in [0.15, 0.2) is 47.5 Å². The number of hydrogen-bond acceptors (Lipinski definition) is 3. The highest BCUT2D eigenvalue weighted by molar-refractivity contribution is 6.05. The van der Waals surface area contributed by atoms with Crippen molar-refractivity contribution in [2.24, 2.45) is 0 Å². The molecule has 6 heteroatoms. The van der Waals surface area contributed by atoms with Gasteiger partial charge in [-0.25, -0.2) is 9.37 Å². The molecule has 2 aromatic heterocycles. The number of carbonyl (C=O) groups is 1. The number of aryl methyl sites for hydroxylation is 1. The number of benzene rings is 1. The number of nitrogens with one attached hydrogen (secondary N) is 2. The average molecular weight is 297 g/mol. The van der Waals surface area contributed by atoms with E-state index in [0.717, 1.165) is 5.56 Å². The number of pyridine rings is 2. The summed E-state index contributed by atoms with van der Waals surface area (Å²) in [5, 5.41) is 2.67. The van der Waals surface area contributed by atoms with Crippen LogP contribution in [0.4, 0.5) is 10.2 Å². The molecule has 5 nitrogen and oxygen atoms in total. The highest BCUT2D eigenvalue weighted by Gasteiger charge is 2.14. The van der Waals surface area contributed by atoms with Gasteiger partial charge in [-0.15, -0.1) is 0 Å². The Morgan fingerprint density at radius 3 is 2.82 bits per heavy atom. The first-order chi connectivity index (χ1) is 10.6. The molecule has 2 N–H and O–H groups in total. The van der Waals surface area contributed by atoms with Crippen LogP contribution in [0.5, 0.6) is 0 Å². The molecule has 0 radical (unpaired) electrons. The molecule has 1 aromatic carbocycles. The van der Waals surface area contributed by atoms with E-state index in [2.05, 4.69) is 15.3 Å². The van der Waals surface area contributed by atoms with E-state index in [1.54, 1.807) is 18.3 Å². The van der Waals surface area contributed by atoms with Gasteiger partial charge in [0.2, 0.25) is 5.43 Å². The average Bonchev–Trinajstić information content (AvgIpc) is 2.51. The summed E-state index contributed by atoms with van der Waals surface area (Å²) in [6.07, 6.45) is 2.81. The molecule has 0 spiro atoms. The molecule has 0 unspecified atom stereocenters. The molecular formula is C16H12FN3O2. The van der Waals surface area contributed by atoms with Crippen molar-refractivity contribution in [2.45, 2.75) is 6.92 Å². The quantitative estimate of drug-likeness (QED) is 0.763. The molecular weight excluding hydrogens is 285 g/mol. The number of aromatic amines is 1. The maximum Gasteiger partial charge on any atom is 0.262 e. The molecule has 0 saturated heterocycles. The number of anilines is 1. The summed E-state index contributed by atoms with van der Waals surface area (Å²) in [6, 6.07) is 7.58. The Labute approximate surface area is 124 Å². The van der Waals surface area contributed by atoms with Crippen molar-refractivity contribution >= 4 is 22.6 Å². The second-order valence-electron chi connectivity index (χ2n) is 4.87. The summed E-state index contributed by atoms with van der Waals surface area (Å²) in [4.78, 5) is 31.2. The van der Waals surface area contributed by atoms with Crippen molar-refractivity contribution in [1.29, 1.82) is 0 Å². The molecule has 0 saturated carbocycles. The first kappa shape index (κ1) is 13.9. The minimum absolute atomic E-state index is 0.0810. The minimum atomic E-state index is -0.594. The summed E-state index contributed by atoms with van der Waals surface area (Å²) < 4.78 is 13.6. The lowest BCUT2D eigenvalue weighted by molar-refractivity contribution is 0.102. The van der Waals surface area contributed by atoms with E-state index in [1.165, 1.54) is 24.4 Å². The van der Waals surface area contributed by atoms with E-state index < -0.39 is 17.2 Å². The molecule has 0 aliphatic carbocycles. The molecule has 3 aromatic rings. The normalized spacial score (nSPS) is 10.6. The molecule has 0 aliphatic rings. The smallest absolute Gasteiger partial charge is 0.262 e. The van der Waals surface area contributed by atoms with Gasteiger partial charge < -0.3 is 10.3 Å². The molecule has 0 atom stereocenters. The van der Waals surface area contributed by atoms with Gasteiger partial charge in [-0.3, -0.25) is 9.59 Å². The minimum Gasteiger partial charge on any atom is -0.358 e. The number of amides is 1. The maximum atomic E-state index is 13.6. The molecule has 1 amide bonds. The Kier molecular flexibility index (Phi) is 3.42. The number of nitrogens with zero attached hydrogens (tertiary/aromatic N) is 1. The third-order valence-electron chi connectivity index (χ3n) is 3.26. The fourth-order valence-electron chi connectivity index (χ4n) is 2.11. The first-order valence-electron chi connectivity index (χ1n) is 6.60. The Morgan fingerprint density at radius 2 is 2.09 bits per heavy atom. The zero-order valence-electron chi connectivity index (χ0n) is 11.7. The van der Waals surface area contributed by atoms with E-state index in [0.29, 0.717) is 5.82 Å². The van der Waals surface area contributed by atoms with Crippen LogP contribution in [0.1, 0.15) is 15.9 Å². The summed E-state index contributed by atoms with van der Waals surface area (Å²) in [6.45, 7) is 1.88. The van der Waals surface area contributed by atoms with Crippen LogP contribution in [-0.2, 0) is 0 Å². The van der Waals surface area contributed by atoms with Gasteiger partial charge in [0, 0.05) is 17.8 Å². The molecule has 2 heterocycles. The maximum absolute atomic E-state index is 13.6. The lowest BCUT2D eigenvalue weighted by Crippen LogP contribution is -2.22. The number of rotatable bonds is 2. The topological polar surface area (TPSA) is 74.8 Å². The molecule has 3 rings (SSSR count).